The molecule has 110 valence electrons. The highest BCUT2D eigenvalue weighted by atomic mass is 35.5. The van der Waals surface area contributed by atoms with Crippen molar-refractivity contribution >= 4 is 17.5 Å². The molecule has 3 heterocycles. The van der Waals surface area contributed by atoms with Crippen molar-refractivity contribution in [3.63, 3.8) is 0 Å². The van der Waals surface area contributed by atoms with E-state index in [0.29, 0.717) is 23.0 Å². The zero-order valence-corrected chi connectivity index (χ0v) is 12.2. The van der Waals surface area contributed by atoms with Crippen LogP contribution in [0.2, 0.25) is 5.02 Å². The highest BCUT2D eigenvalue weighted by Gasteiger charge is 2.31. The van der Waals surface area contributed by atoms with Crippen molar-refractivity contribution in [2.45, 2.75) is 31.7 Å². The molecule has 0 aromatic carbocycles. The van der Waals surface area contributed by atoms with Crippen LogP contribution in [0.4, 0.5) is 0 Å². The van der Waals surface area contributed by atoms with Gasteiger partial charge >= 0.3 is 0 Å². The van der Waals surface area contributed by atoms with Gasteiger partial charge in [0.1, 0.15) is 0 Å². The summed E-state index contributed by atoms with van der Waals surface area (Å²) in [4.78, 5) is 22.6. The molecule has 0 aliphatic carbocycles. The maximum Gasteiger partial charge on any atom is 0.256 e. The van der Waals surface area contributed by atoms with Crippen LogP contribution >= 0.6 is 11.6 Å². The molecule has 2 aromatic rings. The normalized spacial score (nSPS) is 19.3. The molecule has 1 saturated heterocycles. The minimum absolute atomic E-state index is 0.112. The van der Waals surface area contributed by atoms with Crippen LogP contribution in [0.3, 0.4) is 0 Å². The standard InChI is InChI=1S/C14H15ClN4O2/c15-11-8-16-6-5-10(11)14(20)19-7-3-1-2-4-12(19)13-17-9-21-18-13/h5-6,8-9,12H,1-4,7H2. The fourth-order valence-corrected chi connectivity index (χ4v) is 2.85. The lowest BCUT2D eigenvalue weighted by molar-refractivity contribution is 0.0670. The van der Waals surface area contributed by atoms with Crippen LogP contribution in [0.15, 0.2) is 29.4 Å². The summed E-state index contributed by atoms with van der Waals surface area (Å²) >= 11 is 6.09. The molecule has 3 rings (SSSR count). The molecule has 0 saturated carbocycles. The Morgan fingerprint density at radius 3 is 3.05 bits per heavy atom. The molecule has 1 atom stereocenters. The van der Waals surface area contributed by atoms with Crippen molar-refractivity contribution in [2.75, 3.05) is 6.54 Å². The third kappa shape index (κ3) is 2.90. The van der Waals surface area contributed by atoms with E-state index in [0.717, 1.165) is 25.7 Å². The summed E-state index contributed by atoms with van der Waals surface area (Å²) in [7, 11) is 0. The quantitative estimate of drug-likeness (QED) is 0.853. The Labute approximate surface area is 127 Å². The Hall–Kier alpha value is -1.95. The maximum absolute atomic E-state index is 12.8. The molecule has 1 aliphatic rings. The summed E-state index contributed by atoms with van der Waals surface area (Å²) in [5, 5.41) is 4.26. The average Bonchev–Trinajstić information content (AvgIpc) is 2.91. The monoisotopic (exact) mass is 306 g/mol. The van der Waals surface area contributed by atoms with Crippen molar-refractivity contribution in [2.24, 2.45) is 0 Å². The first-order chi connectivity index (χ1) is 10.3. The summed E-state index contributed by atoms with van der Waals surface area (Å²) in [6.07, 6.45) is 8.25. The van der Waals surface area contributed by atoms with Gasteiger partial charge in [-0.1, -0.05) is 29.6 Å². The average molecular weight is 307 g/mol. The third-order valence-electron chi connectivity index (χ3n) is 3.69. The zero-order chi connectivity index (χ0) is 14.7. The molecule has 1 unspecified atom stereocenters. The molecule has 21 heavy (non-hydrogen) atoms. The highest BCUT2D eigenvalue weighted by molar-refractivity contribution is 6.33. The van der Waals surface area contributed by atoms with Gasteiger partial charge in [0.25, 0.3) is 5.91 Å². The lowest BCUT2D eigenvalue weighted by Crippen LogP contribution is -2.35. The number of aromatic nitrogens is 3. The number of carbonyl (C=O) groups excluding carboxylic acids is 1. The Balaban J connectivity index is 1.93. The Kier molecular flexibility index (Phi) is 4.15. The second kappa shape index (κ2) is 6.22. The highest BCUT2D eigenvalue weighted by Crippen LogP contribution is 2.30. The zero-order valence-electron chi connectivity index (χ0n) is 11.4. The van der Waals surface area contributed by atoms with Crippen molar-refractivity contribution in [1.82, 2.24) is 20.0 Å². The molecular weight excluding hydrogens is 292 g/mol. The van der Waals surface area contributed by atoms with Crippen molar-refractivity contribution in [3.8, 4) is 0 Å². The number of rotatable bonds is 2. The van der Waals surface area contributed by atoms with Gasteiger partial charge in [0, 0.05) is 18.9 Å². The van der Waals surface area contributed by atoms with Crippen LogP contribution < -0.4 is 0 Å². The first kappa shape index (κ1) is 14.0. The number of hydrogen-bond acceptors (Lipinski definition) is 5. The molecule has 6 nitrogen and oxygen atoms in total. The summed E-state index contributed by atoms with van der Waals surface area (Å²) in [5.41, 5.74) is 0.460. The number of likely N-dealkylation sites (tertiary alicyclic amines) is 1. The van der Waals surface area contributed by atoms with Gasteiger partial charge in [0.2, 0.25) is 6.39 Å². The smallest absolute Gasteiger partial charge is 0.256 e. The minimum atomic E-state index is -0.164. The van der Waals surface area contributed by atoms with E-state index >= 15 is 0 Å². The van der Waals surface area contributed by atoms with Crippen LogP contribution in [0, 0.1) is 0 Å². The van der Waals surface area contributed by atoms with E-state index in [1.807, 2.05) is 0 Å². The topological polar surface area (TPSA) is 72.1 Å². The summed E-state index contributed by atoms with van der Waals surface area (Å²) in [6.45, 7) is 0.663. The number of pyridine rings is 1. The van der Waals surface area contributed by atoms with Crippen LogP contribution in [0.1, 0.15) is 47.9 Å². The Morgan fingerprint density at radius 2 is 2.29 bits per heavy atom. The molecule has 0 spiro atoms. The fourth-order valence-electron chi connectivity index (χ4n) is 2.65. The fraction of sp³-hybridized carbons (Fsp3) is 0.429. The van der Waals surface area contributed by atoms with Gasteiger partial charge in [-0.25, -0.2) is 0 Å². The minimum Gasteiger partial charge on any atom is -0.343 e. The van der Waals surface area contributed by atoms with E-state index in [1.54, 1.807) is 17.2 Å². The van der Waals surface area contributed by atoms with Gasteiger partial charge in [-0.05, 0) is 18.9 Å². The van der Waals surface area contributed by atoms with Crippen molar-refractivity contribution < 1.29 is 9.32 Å². The van der Waals surface area contributed by atoms with Gasteiger partial charge in [0.15, 0.2) is 5.82 Å². The van der Waals surface area contributed by atoms with Gasteiger partial charge in [-0.15, -0.1) is 0 Å². The Bertz CT molecular complexity index is 617. The molecule has 0 bridgehead atoms. The van der Waals surface area contributed by atoms with Crippen LogP contribution in [0.5, 0.6) is 0 Å². The van der Waals surface area contributed by atoms with E-state index in [4.69, 9.17) is 16.1 Å². The summed E-state index contributed by atoms with van der Waals surface area (Å²) in [5.74, 6) is 0.439. The number of amides is 1. The maximum atomic E-state index is 12.8. The molecular formula is C14H15ClN4O2. The summed E-state index contributed by atoms with van der Waals surface area (Å²) < 4.78 is 4.83. The molecule has 1 amide bonds. The molecule has 2 aromatic heterocycles. The lowest BCUT2D eigenvalue weighted by atomic mass is 10.1. The second-order valence-corrected chi connectivity index (χ2v) is 5.42. The molecule has 1 aliphatic heterocycles. The van der Waals surface area contributed by atoms with Gasteiger partial charge in [0.05, 0.1) is 16.6 Å². The largest absolute Gasteiger partial charge is 0.343 e. The van der Waals surface area contributed by atoms with E-state index in [-0.39, 0.29) is 11.9 Å². The van der Waals surface area contributed by atoms with E-state index in [9.17, 15) is 4.79 Å². The number of hydrogen-bond donors (Lipinski definition) is 0. The van der Waals surface area contributed by atoms with Gasteiger partial charge in [-0.2, -0.15) is 4.98 Å². The number of nitrogens with zero attached hydrogens (tertiary/aromatic N) is 4. The van der Waals surface area contributed by atoms with Crippen LogP contribution in [0.25, 0.3) is 0 Å². The first-order valence-electron chi connectivity index (χ1n) is 6.94. The lowest BCUT2D eigenvalue weighted by Gasteiger charge is -2.28. The Morgan fingerprint density at radius 1 is 1.38 bits per heavy atom. The van der Waals surface area contributed by atoms with Crippen LogP contribution in [-0.4, -0.2) is 32.5 Å². The molecule has 7 heteroatoms. The van der Waals surface area contributed by atoms with Gasteiger partial charge < -0.3 is 9.42 Å². The predicted octanol–water partition coefficient (Wildman–Crippen LogP) is 2.88. The number of halogens is 1. The summed E-state index contributed by atoms with van der Waals surface area (Å²) in [6, 6.07) is 1.48. The van der Waals surface area contributed by atoms with Gasteiger partial charge in [-0.3, -0.25) is 9.78 Å². The molecule has 1 fully saturated rings. The van der Waals surface area contributed by atoms with E-state index < -0.39 is 0 Å². The van der Waals surface area contributed by atoms with Crippen molar-refractivity contribution in [1.29, 1.82) is 0 Å². The van der Waals surface area contributed by atoms with E-state index in [1.165, 1.54) is 12.6 Å². The molecule has 0 N–H and O–H groups in total. The predicted molar refractivity (Wildman–Crippen MR) is 75.8 cm³/mol. The third-order valence-corrected chi connectivity index (χ3v) is 3.99. The first-order valence-corrected chi connectivity index (χ1v) is 7.32. The van der Waals surface area contributed by atoms with E-state index in [2.05, 4.69) is 15.1 Å². The van der Waals surface area contributed by atoms with Crippen molar-refractivity contribution in [3.05, 3.63) is 41.3 Å². The molecule has 0 radical (unpaired) electrons. The second-order valence-electron chi connectivity index (χ2n) is 5.01. The SMILES string of the molecule is O=C(c1ccncc1Cl)N1CCCCCC1c1ncon1. The number of carbonyl (C=O) groups is 1. The van der Waals surface area contributed by atoms with Crippen LogP contribution in [-0.2, 0) is 0 Å².